The van der Waals surface area contributed by atoms with Gasteiger partial charge in [-0.25, -0.2) is 24.1 Å². The molecule has 1 amide bonds. The molecule has 4 rings (SSSR count). The molecule has 0 saturated carbocycles. The maximum absolute atomic E-state index is 14.9. The average molecular weight is 517 g/mol. The van der Waals surface area contributed by atoms with Gasteiger partial charge in [0.25, 0.3) is 0 Å². The average Bonchev–Trinajstić information content (AvgIpc) is 3.04. The van der Waals surface area contributed by atoms with Crippen molar-refractivity contribution in [1.82, 2.24) is 19.9 Å². The monoisotopic (exact) mass is 515 g/mol. The van der Waals surface area contributed by atoms with Crippen LogP contribution in [-0.4, -0.2) is 61.5 Å². The Morgan fingerprint density at radius 1 is 1.43 bits per heavy atom. The third kappa shape index (κ3) is 3.52. The van der Waals surface area contributed by atoms with Gasteiger partial charge in [0.2, 0.25) is 0 Å². The molecule has 2 aromatic heterocycles. The number of anilines is 1. The predicted molar refractivity (Wildman–Crippen MR) is 119 cm³/mol. The van der Waals surface area contributed by atoms with E-state index in [1.54, 1.807) is 11.0 Å². The van der Waals surface area contributed by atoms with Gasteiger partial charge in [-0.15, -0.1) is 6.58 Å². The third-order valence-corrected chi connectivity index (χ3v) is 7.19. The maximum Gasteiger partial charge on any atom is 0.407 e. The summed E-state index contributed by atoms with van der Waals surface area (Å²) in [5.74, 6) is 0.573. The molecule has 7 nitrogen and oxygen atoms in total. The Morgan fingerprint density at radius 2 is 2.20 bits per heavy atom. The van der Waals surface area contributed by atoms with E-state index in [2.05, 4.69) is 37.4 Å². The van der Waals surface area contributed by atoms with E-state index in [1.807, 2.05) is 6.92 Å². The highest BCUT2D eigenvalue weighted by atomic mass is 79.9. The smallest absolute Gasteiger partial charge is 0.407 e. The number of hydrogen-bond donors (Lipinski definition) is 1. The highest BCUT2D eigenvalue weighted by Crippen LogP contribution is 2.42. The van der Waals surface area contributed by atoms with Gasteiger partial charge < -0.3 is 10.0 Å². The number of pyridine rings is 1. The molecule has 2 aromatic rings. The zero-order valence-corrected chi connectivity index (χ0v) is 19.3. The summed E-state index contributed by atoms with van der Waals surface area (Å²) in [7, 11) is 0. The van der Waals surface area contributed by atoms with Crippen molar-refractivity contribution in [2.45, 2.75) is 49.5 Å². The molecule has 0 aromatic carbocycles. The van der Waals surface area contributed by atoms with Crippen LogP contribution in [0, 0.1) is 5.82 Å². The molecule has 2 aliphatic rings. The van der Waals surface area contributed by atoms with Crippen LogP contribution in [0.4, 0.5) is 15.0 Å². The molecule has 0 radical (unpaired) electrons. The van der Waals surface area contributed by atoms with Crippen molar-refractivity contribution < 1.29 is 14.3 Å². The van der Waals surface area contributed by atoms with E-state index >= 15 is 0 Å². The van der Waals surface area contributed by atoms with Crippen molar-refractivity contribution in [2.75, 3.05) is 17.2 Å². The molecule has 11 heteroatoms. The lowest BCUT2D eigenvalue weighted by molar-refractivity contribution is 0.101. The normalized spacial score (nSPS) is 23.3. The van der Waals surface area contributed by atoms with Crippen molar-refractivity contribution in [3.63, 3.8) is 0 Å². The summed E-state index contributed by atoms with van der Waals surface area (Å²) in [6, 6.07) is -0.499. The summed E-state index contributed by atoms with van der Waals surface area (Å²) in [6.07, 6.45) is 2.99. The van der Waals surface area contributed by atoms with E-state index in [4.69, 9.17) is 16.6 Å². The molecule has 1 N–H and O–H groups in total. The minimum Gasteiger partial charge on any atom is -0.465 e. The molecule has 0 aliphatic carbocycles. The molecule has 0 spiro atoms. The molecule has 2 aliphatic heterocycles. The van der Waals surface area contributed by atoms with Crippen LogP contribution in [0.15, 0.2) is 22.4 Å². The molecule has 160 valence electrons. The van der Waals surface area contributed by atoms with Gasteiger partial charge in [-0.3, -0.25) is 4.90 Å². The Bertz CT molecular complexity index is 1030. The second-order valence-electron chi connectivity index (χ2n) is 7.23. The van der Waals surface area contributed by atoms with Gasteiger partial charge in [0, 0.05) is 6.54 Å². The minimum absolute atomic E-state index is 0.105. The van der Waals surface area contributed by atoms with Gasteiger partial charge in [0.15, 0.2) is 16.1 Å². The fourth-order valence-electron chi connectivity index (χ4n) is 4.50. The van der Waals surface area contributed by atoms with Crippen LogP contribution in [0.2, 0.25) is 5.15 Å². The lowest BCUT2D eigenvalue weighted by atomic mass is 9.99. The summed E-state index contributed by atoms with van der Waals surface area (Å²) in [5.41, 5.74) is 0.105. The molecule has 2 saturated heterocycles. The lowest BCUT2D eigenvalue weighted by Crippen LogP contribution is -2.61. The van der Waals surface area contributed by atoms with Crippen molar-refractivity contribution in [3.05, 3.63) is 28.2 Å². The molecule has 4 heterocycles. The number of halogens is 3. The second-order valence-corrected chi connectivity index (χ2v) is 9.57. The molecule has 30 heavy (non-hydrogen) atoms. The summed E-state index contributed by atoms with van der Waals surface area (Å²) >= 11 is 10.8. The fourth-order valence-corrected chi connectivity index (χ4v) is 5.89. The highest BCUT2D eigenvalue weighted by Gasteiger charge is 2.49. The Morgan fingerprint density at radius 3 is 2.87 bits per heavy atom. The third-order valence-electron chi connectivity index (χ3n) is 5.63. The first-order chi connectivity index (χ1) is 14.4. The van der Waals surface area contributed by atoms with Crippen LogP contribution in [0.25, 0.3) is 10.9 Å². The van der Waals surface area contributed by atoms with Crippen molar-refractivity contribution in [3.8, 4) is 0 Å². The largest absolute Gasteiger partial charge is 0.465 e. The molecule has 3 atom stereocenters. The lowest BCUT2D eigenvalue weighted by Gasteiger charge is -2.46. The Kier molecular flexibility index (Phi) is 6.09. The van der Waals surface area contributed by atoms with E-state index in [9.17, 15) is 14.3 Å². The summed E-state index contributed by atoms with van der Waals surface area (Å²) in [6.45, 7) is 6.29. The summed E-state index contributed by atoms with van der Waals surface area (Å²) in [4.78, 5) is 28.7. The molecular formula is C19H20BrClFN5O2S. The van der Waals surface area contributed by atoms with Crippen LogP contribution in [0.3, 0.4) is 0 Å². The maximum atomic E-state index is 14.9. The van der Waals surface area contributed by atoms with E-state index < -0.39 is 11.9 Å². The minimum atomic E-state index is -0.911. The van der Waals surface area contributed by atoms with Gasteiger partial charge in [-0.1, -0.05) is 36.4 Å². The summed E-state index contributed by atoms with van der Waals surface area (Å²) in [5, 5.41) is 10.4. The van der Waals surface area contributed by atoms with Crippen LogP contribution in [0.5, 0.6) is 0 Å². The van der Waals surface area contributed by atoms with Crippen molar-refractivity contribution in [1.29, 1.82) is 0 Å². The number of fused-ring (bicyclic) bond motifs is 3. The van der Waals surface area contributed by atoms with Crippen LogP contribution in [-0.2, 0) is 0 Å². The zero-order chi connectivity index (χ0) is 21.6. The number of nitrogens with zero attached hydrogens (tertiary/aromatic N) is 5. The molecule has 0 unspecified atom stereocenters. The van der Waals surface area contributed by atoms with Gasteiger partial charge in [0.1, 0.15) is 15.9 Å². The summed E-state index contributed by atoms with van der Waals surface area (Å²) < 4.78 is 15.2. The predicted octanol–water partition coefficient (Wildman–Crippen LogP) is 4.97. The van der Waals surface area contributed by atoms with E-state index in [0.29, 0.717) is 33.9 Å². The number of piperazine rings is 1. The SMILES string of the molecule is C=CC[C@@H]1[C@@H]2CC[C@H](CN1c1nc(SCC)nc3c(F)c(Cl)nc(Br)c13)N2C(=O)O. The standard InChI is InChI=1S/C19H20BrClFN5O2S/c1-3-5-10-11-7-6-9(27(11)19(28)29)8-26(10)17-12-14(23-18(25-17)30-4-2)13(22)16(21)24-15(12)20/h3,9-11H,1,4-8H2,2H3,(H,28,29)/t9-,10-,11+/m1/s1. The van der Waals surface area contributed by atoms with Crippen LogP contribution < -0.4 is 4.90 Å². The number of thioether (sulfide) groups is 1. The van der Waals surface area contributed by atoms with Crippen molar-refractivity contribution in [2.24, 2.45) is 0 Å². The Hall–Kier alpha value is -1.65. The number of hydrogen-bond acceptors (Lipinski definition) is 6. The quantitative estimate of drug-likeness (QED) is 0.260. The van der Waals surface area contributed by atoms with Gasteiger partial charge in [0.05, 0.1) is 23.5 Å². The van der Waals surface area contributed by atoms with Crippen molar-refractivity contribution >= 4 is 62.1 Å². The van der Waals surface area contributed by atoms with Crippen LogP contribution in [0.1, 0.15) is 26.2 Å². The fraction of sp³-hybridized carbons (Fsp3) is 0.474. The molecule has 2 bridgehead atoms. The van der Waals surface area contributed by atoms with Gasteiger partial charge in [-0.05, 0) is 40.9 Å². The van der Waals surface area contributed by atoms with Crippen LogP contribution >= 0.6 is 39.3 Å². The topological polar surface area (TPSA) is 82.5 Å². The van der Waals surface area contributed by atoms with E-state index in [0.717, 1.165) is 18.6 Å². The van der Waals surface area contributed by atoms with Gasteiger partial charge in [-0.2, -0.15) is 0 Å². The van der Waals surface area contributed by atoms with E-state index in [-0.39, 0.29) is 28.8 Å². The Balaban J connectivity index is 1.92. The number of rotatable bonds is 5. The number of carboxylic acid groups (broad SMARTS) is 1. The number of aromatic nitrogens is 3. The molecule has 2 fully saturated rings. The zero-order valence-electron chi connectivity index (χ0n) is 16.2. The number of carbonyl (C=O) groups is 1. The first-order valence-corrected chi connectivity index (χ1v) is 11.8. The Labute approximate surface area is 190 Å². The highest BCUT2D eigenvalue weighted by molar-refractivity contribution is 9.10. The second kappa shape index (κ2) is 8.47. The number of amides is 1. The van der Waals surface area contributed by atoms with Gasteiger partial charge >= 0.3 is 6.09 Å². The van der Waals surface area contributed by atoms with E-state index in [1.165, 1.54) is 11.8 Å². The first-order valence-electron chi connectivity index (χ1n) is 9.61. The molecular weight excluding hydrogens is 497 g/mol. The first kappa shape index (κ1) is 21.6.